The van der Waals surface area contributed by atoms with Crippen LogP contribution in [0.5, 0.6) is 0 Å². The number of carbonyl (C=O) groups is 4. The van der Waals surface area contributed by atoms with Gasteiger partial charge in [0.2, 0.25) is 11.8 Å². The Bertz CT molecular complexity index is 976. The number of rotatable bonds is 6. The Balaban J connectivity index is 1.95. The molecule has 1 unspecified atom stereocenters. The Morgan fingerprint density at radius 3 is 1.79 bits per heavy atom. The second-order valence-electron chi connectivity index (χ2n) is 7.12. The van der Waals surface area contributed by atoms with Crippen LogP contribution in [0.1, 0.15) is 38.3 Å². The van der Waals surface area contributed by atoms with E-state index in [0.717, 1.165) is 11.1 Å². The third kappa shape index (κ3) is 4.63. The molecule has 0 radical (unpaired) electrons. The SMILES string of the molecule is Cc1ccc(C(=O)CC(C(=O)c2ccc(C)cc2)C2C(=O)NC(=S)NC2=O)cc1. The van der Waals surface area contributed by atoms with E-state index in [9.17, 15) is 19.2 Å². The highest BCUT2D eigenvalue weighted by Crippen LogP contribution is 2.26. The number of hydrogen-bond donors (Lipinski definition) is 2. The second kappa shape index (κ2) is 8.45. The van der Waals surface area contributed by atoms with Gasteiger partial charge in [-0.3, -0.25) is 19.2 Å². The van der Waals surface area contributed by atoms with Crippen molar-refractivity contribution >= 4 is 40.7 Å². The maximum atomic E-state index is 13.2. The molecule has 0 aliphatic carbocycles. The second-order valence-corrected chi connectivity index (χ2v) is 7.52. The number of hydrogen-bond acceptors (Lipinski definition) is 5. The lowest BCUT2D eigenvalue weighted by molar-refractivity contribution is -0.136. The first-order valence-corrected chi connectivity index (χ1v) is 9.53. The quantitative estimate of drug-likeness (QED) is 0.435. The molecule has 2 aromatic rings. The highest BCUT2D eigenvalue weighted by Gasteiger charge is 2.43. The van der Waals surface area contributed by atoms with Crippen LogP contribution in [0, 0.1) is 25.7 Å². The highest BCUT2D eigenvalue weighted by molar-refractivity contribution is 7.80. The van der Waals surface area contributed by atoms with Crippen LogP contribution >= 0.6 is 12.2 Å². The van der Waals surface area contributed by atoms with Gasteiger partial charge in [-0.1, -0.05) is 59.7 Å². The van der Waals surface area contributed by atoms with E-state index in [1.54, 1.807) is 48.5 Å². The average Bonchev–Trinajstić information content (AvgIpc) is 2.67. The minimum atomic E-state index is -1.34. The minimum Gasteiger partial charge on any atom is -0.302 e. The lowest BCUT2D eigenvalue weighted by Gasteiger charge is -2.28. The van der Waals surface area contributed by atoms with E-state index in [0.29, 0.717) is 11.1 Å². The molecular formula is C22H20N2O4S. The number of aryl methyl sites for hydroxylation is 2. The van der Waals surface area contributed by atoms with Crippen LogP contribution in [0.3, 0.4) is 0 Å². The summed E-state index contributed by atoms with van der Waals surface area (Å²) in [5, 5.41) is 4.64. The predicted molar refractivity (Wildman–Crippen MR) is 111 cm³/mol. The monoisotopic (exact) mass is 408 g/mol. The van der Waals surface area contributed by atoms with Crippen LogP contribution in [-0.4, -0.2) is 28.5 Å². The summed E-state index contributed by atoms with van der Waals surface area (Å²) in [6, 6.07) is 13.7. The molecule has 0 saturated carbocycles. The van der Waals surface area contributed by atoms with Crippen LogP contribution < -0.4 is 10.6 Å². The molecule has 1 saturated heterocycles. The largest absolute Gasteiger partial charge is 0.302 e. The first-order valence-electron chi connectivity index (χ1n) is 9.12. The zero-order valence-electron chi connectivity index (χ0n) is 16.0. The third-order valence-corrected chi connectivity index (χ3v) is 5.10. The topological polar surface area (TPSA) is 92.3 Å². The molecule has 1 aliphatic heterocycles. The summed E-state index contributed by atoms with van der Waals surface area (Å²) in [4.78, 5) is 51.0. The number of carbonyl (C=O) groups excluding carboxylic acids is 4. The van der Waals surface area contributed by atoms with Gasteiger partial charge in [-0.05, 0) is 26.1 Å². The van der Waals surface area contributed by atoms with Gasteiger partial charge in [0.25, 0.3) is 0 Å². The molecule has 2 N–H and O–H groups in total. The van der Waals surface area contributed by atoms with E-state index in [1.165, 1.54) is 0 Å². The maximum Gasteiger partial charge on any atom is 0.239 e. The van der Waals surface area contributed by atoms with Crippen molar-refractivity contribution in [2.24, 2.45) is 11.8 Å². The summed E-state index contributed by atoms with van der Waals surface area (Å²) in [5.74, 6) is -4.60. The van der Waals surface area contributed by atoms with Crippen LogP contribution in [0.25, 0.3) is 0 Å². The zero-order chi connectivity index (χ0) is 21.1. The Morgan fingerprint density at radius 1 is 0.862 bits per heavy atom. The zero-order valence-corrected chi connectivity index (χ0v) is 16.8. The highest BCUT2D eigenvalue weighted by atomic mass is 32.1. The van der Waals surface area contributed by atoms with E-state index in [1.807, 2.05) is 13.8 Å². The smallest absolute Gasteiger partial charge is 0.239 e. The van der Waals surface area contributed by atoms with E-state index in [4.69, 9.17) is 12.2 Å². The lowest BCUT2D eigenvalue weighted by atomic mass is 9.79. The van der Waals surface area contributed by atoms with Crippen molar-refractivity contribution in [1.29, 1.82) is 0 Å². The standard InChI is InChI=1S/C22H20N2O4S/c1-12-3-7-14(8-4-12)17(25)11-16(18-20(27)23-22(29)24-21(18)28)19(26)15-9-5-13(2)6-10-15/h3-10,16,18H,11H2,1-2H3,(H2,23,24,27,28,29). The number of nitrogens with one attached hydrogen (secondary N) is 2. The van der Waals surface area contributed by atoms with E-state index in [2.05, 4.69) is 10.6 Å². The van der Waals surface area contributed by atoms with Crippen molar-refractivity contribution in [1.82, 2.24) is 10.6 Å². The molecule has 148 valence electrons. The van der Waals surface area contributed by atoms with E-state index in [-0.39, 0.29) is 17.3 Å². The van der Waals surface area contributed by atoms with Gasteiger partial charge in [0.05, 0.1) is 5.92 Å². The average molecular weight is 408 g/mol. The normalized spacial score (nSPS) is 15.4. The molecule has 2 aromatic carbocycles. The molecule has 2 amide bonds. The van der Waals surface area contributed by atoms with Crippen LogP contribution in [0.15, 0.2) is 48.5 Å². The van der Waals surface area contributed by atoms with Crippen molar-refractivity contribution in [2.45, 2.75) is 20.3 Å². The molecule has 0 bridgehead atoms. The fraction of sp³-hybridized carbons (Fsp3) is 0.227. The maximum absolute atomic E-state index is 13.2. The predicted octanol–water partition coefficient (Wildman–Crippen LogP) is 2.52. The van der Waals surface area contributed by atoms with Crippen LogP contribution in [-0.2, 0) is 9.59 Å². The number of benzene rings is 2. The van der Waals surface area contributed by atoms with Crippen LogP contribution in [0.2, 0.25) is 0 Å². The molecule has 29 heavy (non-hydrogen) atoms. The number of amides is 2. The van der Waals surface area contributed by atoms with Crippen molar-refractivity contribution < 1.29 is 19.2 Å². The molecule has 1 aliphatic rings. The summed E-state index contributed by atoms with van der Waals surface area (Å²) in [6.45, 7) is 3.78. The van der Waals surface area contributed by atoms with Gasteiger partial charge in [-0.2, -0.15) is 0 Å². The Morgan fingerprint density at radius 2 is 1.31 bits per heavy atom. The molecule has 1 atom stereocenters. The summed E-state index contributed by atoms with van der Waals surface area (Å²) in [6.07, 6.45) is -0.270. The van der Waals surface area contributed by atoms with Gasteiger partial charge < -0.3 is 10.6 Å². The summed E-state index contributed by atoms with van der Waals surface area (Å²) in [5.41, 5.74) is 2.72. The van der Waals surface area contributed by atoms with Gasteiger partial charge >= 0.3 is 0 Å². The molecule has 7 heteroatoms. The van der Waals surface area contributed by atoms with Gasteiger partial charge in [0.15, 0.2) is 16.7 Å². The van der Waals surface area contributed by atoms with Crippen molar-refractivity contribution in [3.8, 4) is 0 Å². The Labute approximate surface area is 173 Å². The molecule has 0 spiro atoms. The molecule has 6 nitrogen and oxygen atoms in total. The van der Waals surface area contributed by atoms with Crippen molar-refractivity contribution in [3.63, 3.8) is 0 Å². The van der Waals surface area contributed by atoms with E-state index < -0.39 is 29.4 Å². The Kier molecular flexibility index (Phi) is 5.98. The molecule has 1 heterocycles. The number of Topliss-reactive ketones (excluding diaryl/α,β-unsaturated/α-hetero) is 2. The lowest BCUT2D eigenvalue weighted by Crippen LogP contribution is -2.58. The van der Waals surface area contributed by atoms with Crippen molar-refractivity contribution in [3.05, 3.63) is 70.8 Å². The molecule has 1 fully saturated rings. The molecule has 0 aromatic heterocycles. The molecular weight excluding hydrogens is 388 g/mol. The summed E-state index contributed by atoms with van der Waals surface area (Å²) in [7, 11) is 0. The summed E-state index contributed by atoms with van der Waals surface area (Å²) < 4.78 is 0. The van der Waals surface area contributed by atoms with Gasteiger partial charge in [0.1, 0.15) is 5.92 Å². The van der Waals surface area contributed by atoms with Crippen molar-refractivity contribution in [2.75, 3.05) is 0 Å². The third-order valence-electron chi connectivity index (χ3n) is 4.89. The number of ketones is 2. The van der Waals surface area contributed by atoms with E-state index >= 15 is 0 Å². The van der Waals surface area contributed by atoms with Crippen LogP contribution in [0.4, 0.5) is 0 Å². The van der Waals surface area contributed by atoms with Gasteiger partial charge in [-0.15, -0.1) is 0 Å². The first-order chi connectivity index (χ1) is 13.8. The minimum absolute atomic E-state index is 0.109. The fourth-order valence-electron chi connectivity index (χ4n) is 3.25. The Hall–Kier alpha value is -3.19. The summed E-state index contributed by atoms with van der Waals surface area (Å²) >= 11 is 4.83. The van der Waals surface area contributed by atoms with Gasteiger partial charge in [-0.25, -0.2) is 0 Å². The van der Waals surface area contributed by atoms with Gasteiger partial charge in [0, 0.05) is 17.5 Å². The first kappa shape index (κ1) is 20.5. The number of thiocarbonyl (C=S) groups is 1. The molecule has 3 rings (SSSR count). The fourth-order valence-corrected chi connectivity index (χ4v) is 3.45.